The summed E-state index contributed by atoms with van der Waals surface area (Å²) in [5, 5.41) is 156. The van der Waals surface area contributed by atoms with Crippen molar-refractivity contribution in [2.24, 2.45) is 10.7 Å². The molecule has 3 aliphatic rings. The van der Waals surface area contributed by atoms with E-state index in [4.69, 9.17) is 10.7 Å². The van der Waals surface area contributed by atoms with Crippen LogP contribution < -0.4 is 69.5 Å². The molecule has 2 fully saturated rings. The average Bonchev–Trinajstić information content (AvgIpc) is 1.66. The first-order valence-electron chi connectivity index (χ1n) is 45.0. The topological polar surface area (TPSA) is 467 Å². The Bertz CT molecular complexity index is 3420. The van der Waals surface area contributed by atoms with E-state index in [-0.39, 0.29) is 50.3 Å². The molecule has 7 rings (SSSR count). The Morgan fingerprint density at radius 3 is 1.85 bits per heavy atom. The number of nitrogens with two attached hydrogens (primary N) is 1. The number of anilines is 1. The summed E-state index contributed by atoms with van der Waals surface area (Å²) in [6.07, 6.45) is -2.97. The van der Waals surface area contributed by atoms with Gasteiger partial charge in [-0.3, -0.25) is 71.8 Å². The SMILES string of the molecule is CCC[C@H](NC(=O)CN1CCN(CC)CCN(CC)CCN(CC)CC1)[C@H](O)N[C@H](CCC)C(=O)N[C@H](CC[C@@H](O)NCCCCC1N[C@H](O)[C@@H](Cc2ccccc2)N[C@H](O)[C@H](CC)N[C@H](O)CN[C@H](O)C(CCCNC(N)=NC)N[C@@H]1O)[C@@H](O)NCCCCCCN1Cc2cc([C@H](O)N(C)Cc3nc4ccccc4[nH]3)ccc2N[C@@H](CC)[C@@H]1O. The molecule has 3 aromatic carbocycles. The maximum Gasteiger partial charge on any atom is 0.237 e. The number of rotatable bonds is 45. The molecule has 2 saturated heterocycles. The van der Waals surface area contributed by atoms with Crippen LogP contribution in [0, 0.1) is 0 Å². The Balaban J connectivity index is 1.01. The van der Waals surface area contributed by atoms with Crippen molar-refractivity contribution in [3.8, 4) is 0 Å². The van der Waals surface area contributed by atoms with E-state index in [0.717, 1.165) is 117 Å². The summed E-state index contributed by atoms with van der Waals surface area (Å²) in [5.74, 6) is 0.323. The van der Waals surface area contributed by atoms with Crippen molar-refractivity contribution in [3.05, 3.63) is 95.3 Å². The molecule has 18 atom stereocenters. The fourth-order valence-electron chi connectivity index (χ4n) is 16.2. The van der Waals surface area contributed by atoms with Crippen LogP contribution in [0.4, 0.5) is 5.69 Å². The Labute approximate surface area is 714 Å². The number of aliphatic hydroxyl groups is 10. The third-order valence-electron chi connectivity index (χ3n) is 23.9. The summed E-state index contributed by atoms with van der Waals surface area (Å²) in [6.45, 7) is 26.8. The van der Waals surface area contributed by atoms with Crippen LogP contribution in [0.1, 0.15) is 186 Å². The molecule has 0 saturated carbocycles. The Kier molecular flexibility index (Phi) is 46.8. The lowest BCUT2D eigenvalue weighted by molar-refractivity contribution is -0.127. The summed E-state index contributed by atoms with van der Waals surface area (Å²) in [5.41, 5.74) is 11.2. The molecule has 1 aromatic heterocycles. The van der Waals surface area contributed by atoms with Crippen LogP contribution in [0.5, 0.6) is 0 Å². The number of hydrogen-bond donors (Lipinski definition) is 24. The minimum Gasteiger partial charge on any atom is -0.379 e. The van der Waals surface area contributed by atoms with Crippen LogP contribution in [0.2, 0.25) is 0 Å². The number of carbonyl (C=O) groups excluding carboxylic acids is 2. The zero-order valence-corrected chi connectivity index (χ0v) is 73.4. The number of para-hydroxylation sites is 2. The highest BCUT2D eigenvalue weighted by atomic mass is 16.3. The third kappa shape index (κ3) is 35.0. The highest BCUT2D eigenvalue weighted by molar-refractivity contribution is 5.82. The molecule has 2 unspecified atom stereocenters. The number of imidazole rings is 1. The fraction of sp³-hybridized carbons (Fsp3) is 0.744. The number of benzene rings is 3. The van der Waals surface area contributed by atoms with E-state index in [2.05, 4.69) is 119 Å². The van der Waals surface area contributed by atoms with Gasteiger partial charge in [-0.05, 0) is 164 Å². The number of aromatic nitrogens is 2. The molecule has 120 heavy (non-hydrogen) atoms. The number of unbranched alkanes of at least 4 members (excludes halogenated alkanes) is 4. The molecular weight excluding hydrogens is 1530 g/mol. The average molecular weight is 1690 g/mol. The molecule has 682 valence electrons. The van der Waals surface area contributed by atoms with E-state index in [1.165, 1.54) is 0 Å². The fourth-order valence-corrected chi connectivity index (χ4v) is 16.2. The van der Waals surface area contributed by atoms with Crippen molar-refractivity contribution in [1.82, 2.24) is 97.9 Å². The van der Waals surface area contributed by atoms with Gasteiger partial charge in [0.1, 0.15) is 68.1 Å². The zero-order chi connectivity index (χ0) is 86.9. The standard InChI is InChI=1S/C86H156N22O12/c1-10-29-67(97-76(111)58-107-51-49-105(15-6)47-45-104(14-5)46-48-106(16-7)50-52-107)80(115)98-68(30-11-2)81(116)101-71(77(112)90-42-25-17-18-27-44-108-56-61-54-60(37-38-64(61)93-63(13-4)85(108)120)84(119)103(9)57-73-94-65-33-22-23-34-66(65)95-73)39-40-74(109)89-41-26-24-35-70-82(117)99-69(36-28-43-91-86(87)88-8)78(113)92-55-75(110)96-62(12-3)79(114)102-72(83(118)100-70)53-59-31-20-19-21-32-59/h19-23,31-34,37-38,54,62-63,67-72,74-75,77-80,82-85,89-90,92-93,96,98-100,102,109-110,112-115,117-120H,10-18,24-30,35-36,39-53,55-58H2,1-9H3,(H,94,95)(H,97,111)(H,101,116)(H3,87,88,91)/t62-,63-,67-,68+,69?,70?,71+,72+,74+,75+,77+,78+,79+,80-,82+,83+,84-,85-/m0/s1. The van der Waals surface area contributed by atoms with Crippen molar-refractivity contribution in [2.75, 3.05) is 131 Å². The van der Waals surface area contributed by atoms with Gasteiger partial charge in [0.05, 0.1) is 54.3 Å². The first kappa shape index (κ1) is 101. The van der Waals surface area contributed by atoms with Crippen molar-refractivity contribution in [1.29, 1.82) is 0 Å². The normalized spacial score (nSPS) is 25.1. The second-order valence-electron chi connectivity index (χ2n) is 33.0. The predicted octanol–water partition coefficient (Wildman–Crippen LogP) is 0.460. The number of fused-ring (bicyclic) bond motifs is 2. The third-order valence-corrected chi connectivity index (χ3v) is 23.9. The van der Waals surface area contributed by atoms with E-state index >= 15 is 0 Å². The highest BCUT2D eigenvalue weighted by Crippen LogP contribution is 2.31. The molecule has 4 heterocycles. The number of aliphatic hydroxyl groups excluding tert-OH is 10. The lowest BCUT2D eigenvalue weighted by atomic mass is 10.0. The van der Waals surface area contributed by atoms with Gasteiger partial charge in [-0.2, -0.15) is 0 Å². The molecule has 2 amide bonds. The molecule has 34 nitrogen and oxygen atoms in total. The van der Waals surface area contributed by atoms with Crippen LogP contribution in [0.25, 0.3) is 11.0 Å². The smallest absolute Gasteiger partial charge is 0.237 e. The maximum atomic E-state index is 14.8. The second-order valence-corrected chi connectivity index (χ2v) is 33.0. The van der Waals surface area contributed by atoms with Gasteiger partial charge in [0, 0.05) is 109 Å². The summed E-state index contributed by atoms with van der Waals surface area (Å²) in [6, 6.07) is 17.4. The van der Waals surface area contributed by atoms with E-state index in [1.807, 2.05) is 112 Å². The lowest BCUT2D eigenvalue weighted by Crippen LogP contribution is -2.62. The van der Waals surface area contributed by atoms with Gasteiger partial charge >= 0.3 is 0 Å². The van der Waals surface area contributed by atoms with Crippen LogP contribution in [-0.2, 0) is 29.1 Å². The van der Waals surface area contributed by atoms with Gasteiger partial charge in [0.15, 0.2) is 5.96 Å². The van der Waals surface area contributed by atoms with Gasteiger partial charge in [-0.25, -0.2) is 4.98 Å². The number of H-pyrrole nitrogens is 1. The van der Waals surface area contributed by atoms with Gasteiger partial charge in [-0.1, -0.05) is 129 Å². The first-order valence-corrected chi connectivity index (χ1v) is 45.0. The van der Waals surface area contributed by atoms with Gasteiger partial charge in [0.25, 0.3) is 0 Å². The molecule has 0 aliphatic carbocycles. The molecule has 0 radical (unpaired) electrons. The number of aromatic amines is 1. The summed E-state index contributed by atoms with van der Waals surface area (Å²) >= 11 is 0. The number of hydrogen-bond acceptors (Lipinski definition) is 29. The summed E-state index contributed by atoms with van der Waals surface area (Å²) in [4.78, 5) is 54.5. The van der Waals surface area contributed by atoms with Gasteiger partial charge in [-0.15, -0.1) is 0 Å². The Morgan fingerprint density at radius 2 is 1.20 bits per heavy atom. The van der Waals surface area contributed by atoms with Crippen LogP contribution in [0.3, 0.4) is 0 Å². The number of nitrogens with one attached hydrogen (secondary N) is 13. The summed E-state index contributed by atoms with van der Waals surface area (Å²) in [7, 11) is 3.43. The highest BCUT2D eigenvalue weighted by Gasteiger charge is 2.36. The van der Waals surface area contributed by atoms with E-state index in [1.54, 1.807) is 7.05 Å². The maximum absolute atomic E-state index is 14.8. The van der Waals surface area contributed by atoms with Crippen molar-refractivity contribution >= 4 is 34.5 Å². The van der Waals surface area contributed by atoms with Crippen molar-refractivity contribution < 1.29 is 60.7 Å². The number of aliphatic imine (C=N–C) groups is 1. The zero-order valence-electron chi connectivity index (χ0n) is 73.4. The van der Waals surface area contributed by atoms with Crippen LogP contribution in [-0.4, -0.2) is 338 Å². The van der Waals surface area contributed by atoms with E-state index in [0.29, 0.717) is 129 Å². The van der Waals surface area contributed by atoms with E-state index in [9.17, 15) is 60.7 Å². The van der Waals surface area contributed by atoms with Gasteiger partial charge in [0.2, 0.25) is 11.8 Å². The predicted molar refractivity (Wildman–Crippen MR) is 473 cm³/mol. The monoisotopic (exact) mass is 1690 g/mol. The largest absolute Gasteiger partial charge is 0.379 e. The van der Waals surface area contributed by atoms with Gasteiger partial charge < -0.3 is 97.7 Å². The summed E-state index contributed by atoms with van der Waals surface area (Å²) < 4.78 is 0. The number of carbonyl (C=O) groups is 2. The number of amides is 2. The second kappa shape index (κ2) is 55.5. The quantitative estimate of drug-likeness (QED) is 0.0124. The minimum absolute atomic E-state index is 0.102. The minimum atomic E-state index is -1.35. The molecule has 0 bridgehead atoms. The van der Waals surface area contributed by atoms with Crippen LogP contribution >= 0.6 is 0 Å². The number of likely N-dealkylation sites (N-methyl/N-ethyl adjacent to an activating group) is 3. The van der Waals surface area contributed by atoms with Crippen LogP contribution in [0.15, 0.2) is 77.8 Å². The molecule has 3 aliphatic heterocycles. The van der Waals surface area contributed by atoms with Crippen molar-refractivity contribution in [3.63, 3.8) is 0 Å². The Hall–Kier alpha value is -5.82. The molecular formula is C86H156N22O12. The van der Waals surface area contributed by atoms with Crippen molar-refractivity contribution in [2.45, 2.75) is 288 Å². The molecule has 4 aromatic rings. The molecule has 0 spiro atoms. The van der Waals surface area contributed by atoms with E-state index < -0.39 is 110 Å². The lowest BCUT2D eigenvalue weighted by Gasteiger charge is -2.35. The Morgan fingerprint density at radius 1 is 0.608 bits per heavy atom. The number of nitrogens with zero attached hydrogens (tertiary/aromatic N) is 8. The molecule has 34 heteroatoms. The number of guanidine groups is 1. The number of β-amino-alcohol motifs (C(OH)–C–C–N with tert-alkyl or cyclic N) is 1. The first-order chi connectivity index (χ1) is 57.9. The molecule has 25 N–H and O–H groups in total.